The number of nitrogens with one attached hydrogen (secondary N) is 2. The van der Waals surface area contributed by atoms with E-state index in [0.29, 0.717) is 5.92 Å². The molecule has 0 fully saturated rings. The van der Waals surface area contributed by atoms with Gasteiger partial charge in [-0.1, -0.05) is 26.0 Å². The Bertz CT molecular complexity index is 568. The zero-order valence-corrected chi connectivity index (χ0v) is 14.1. The van der Waals surface area contributed by atoms with Crippen molar-refractivity contribution in [2.45, 2.75) is 26.2 Å². The van der Waals surface area contributed by atoms with Gasteiger partial charge >= 0.3 is 0 Å². The molecule has 7 heteroatoms. The first-order valence-electron chi connectivity index (χ1n) is 7.22. The van der Waals surface area contributed by atoms with Crippen LogP contribution < -0.4 is 14.8 Å². The first kappa shape index (κ1) is 18.4. The van der Waals surface area contributed by atoms with Crippen LogP contribution in [-0.2, 0) is 14.8 Å². The Labute approximate surface area is 132 Å². The van der Waals surface area contributed by atoms with E-state index in [2.05, 4.69) is 23.9 Å². The number of amides is 1. The summed E-state index contributed by atoms with van der Waals surface area (Å²) < 4.78 is 29.5. The largest absolute Gasteiger partial charge is 0.493 e. The molecule has 0 heterocycles. The third kappa shape index (κ3) is 7.99. The molecule has 124 valence electrons. The molecule has 0 unspecified atom stereocenters. The van der Waals surface area contributed by atoms with E-state index in [0.717, 1.165) is 12.0 Å². The van der Waals surface area contributed by atoms with Crippen LogP contribution in [0.3, 0.4) is 0 Å². The second-order valence-electron chi connectivity index (χ2n) is 5.34. The van der Waals surface area contributed by atoms with Crippen LogP contribution in [0.15, 0.2) is 24.3 Å². The Balaban J connectivity index is 2.19. The van der Waals surface area contributed by atoms with Crippen LogP contribution in [0, 0.1) is 0 Å². The minimum Gasteiger partial charge on any atom is -0.493 e. The maximum Gasteiger partial charge on any atom is 0.223 e. The van der Waals surface area contributed by atoms with E-state index in [-0.39, 0.29) is 32.0 Å². The van der Waals surface area contributed by atoms with Gasteiger partial charge in [0.05, 0.1) is 19.3 Å². The number of carbonyl (C=O) groups excluding carboxylic acids is 1. The SMILES string of the molecule is CC(C)c1ccc(OCCC(=O)NCCNS(C)(=O)=O)cc1. The lowest BCUT2D eigenvalue weighted by Crippen LogP contribution is -2.34. The molecule has 0 radical (unpaired) electrons. The zero-order chi connectivity index (χ0) is 16.6. The van der Waals surface area contributed by atoms with E-state index in [4.69, 9.17) is 4.74 Å². The highest BCUT2D eigenvalue weighted by molar-refractivity contribution is 7.88. The summed E-state index contributed by atoms with van der Waals surface area (Å²) in [4.78, 5) is 11.5. The number of carbonyl (C=O) groups is 1. The van der Waals surface area contributed by atoms with Crippen LogP contribution in [0.2, 0.25) is 0 Å². The molecule has 0 spiro atoms. The smallest absolute Gasteiger partial charge is 0.223 e. The Morgan fingerprint density at radius 3 is 2.36 bits per heavy atom. The summed E-state index contributed by atoms with van der Waals surface area (Å²) in [6.07, 6.45) is 1.30. The number of hydrogen-bond acceptors (Lipinski definition) is 4. The van der Waals surface area contributed by atoms with Gasteiger partial charge in [0.2, 0.25) is 15.9 Å². The molecule has 0 saturated heterocycles. The standard InChI is InChI=1S/C15H24N2O4S/c1-12(2)13-4-6-14(7-5-13)21-11-8-15(18)16-9-10-17-22(3,19)20/h4-7,12,17H,8-11H2,1-3H3,(H,16,18). The summed E-state index contributed by atoms with van der Waals surface area (Å²) in [5.41, 5.74) is 1.24. The van der Waals surface area contributed by atoms with Crippen molar-refractivity contribution in [1.29, 1.82) is 0 Å². The fourth-order valence-corrected chi connectivity index (χ4v) is 2.21. The van der Waals surface area contributed by atoms with Crippen LogP contribution in [-0.4, -0.2) is 40.3 Å². The summed E-state index contributed by atoms with van der Waals surface area (Å²) in [5.74, 6) is 1.03. The third-order valence-electron chi connectivity index (χ3n) is 2.96. The number of rotatable bonds is 9. The highest BCUT2D eigenvalue weighted by Gasteiger charge is 2.04. The minimum atomic E-state index is -3.21. The van der Waals surface area contributed by atoms with Crippen molar-refractivity contribution < 1.29 is 17.9 Å². The molecule has 0 aliphatic heterocycles. The van der Waals surface area contributed by atoms with Crippen molar-refractivity contribution in [2.24, 2.45) is 0 Å². The molecule has 0 aliphatic carbocycles. The highest BCUT2D eigenvalue weighted by atomic mass is 32.2. The summed E-state index contributed by atoms with van der Waals surface area (Å²) in [5, 5.41) is 2.62. The van der Waals surface area contributed by atoms with Gasteiger partial charge in [0.15, 0.2) is 0 Å². The van der Waals surface area contributed by atoms with Crippen molar-refractivity contribution in [3.63, 3.8) is 0 Å². The first-order chi connectivity index (χ1) is 10.3. The molecule has 1 aromatic carbocycles. The number of sulfonamides is 1. The molecule has 0 saturated carbocycles. The van der Waals surface area contributed by atoms with E-state index in [9.17, 15) is 13.2 Å². The molecule has 0 bridgehead atoms. The third-order valence-corrected chi connectivity index (χ3v) is 3.68. The van der Waals surface area contributed by atoms with Crippen molar-refractivity contribution in [3.05, 3.63) is 29.8 Å². The summed E-state index contributed by atoms with van der Waals surface area (Å²) in [7, 11) is -3.21. The Hall–Kier alpha value is -1.60. The van der Waals surface area contributed by atoms with Gasteiger partial charge in [-0.25, -0.2) is 13.1 Å². The van der Waals surface area contributed by atoms with Crippen molar-refractivity contribution >= 4 is 15.9 Å². The van der Waals surface area contributed by atoms with E-state index in [1.807, 2.05) is 24.3 Å². The second-order valence-corrected chi connectivity index (χ2v) is 7.17. The average molecular weight is 328 g/mol. The zero-order valence-electron chi connectivity index (χ0n) is 13.3. The predicted molar refractivity (Wildman–Crippen MR) is 86.5 cm³/mol. The van der Waals surface area contributed by atoms with Gasteiger partial charge < -0.3 is 10.1 Å². The Morgan fingerprint density at radius 1 is 1.18 bits per heavy atom. The first-order valence-corrected chi connectivity index (χ1v) is 9.11. The molecule has 0 aliphatic rings. The number of ether oxygens (including phenoxy) is 1. The molecule has 22 heavy (non-hydrogen) atoms. The second kappa shape index (κ2) is 8.75. The quantitative estimate of drug-likeness (QED) is 0.668. The van der Waals surface area contributed by atoms with Crippen LogP contribution in [0.4, 0.5) is 0 Å². The normalized spacial score (nSPS) is 11.5. The van der Waals surface area contributed by atoms with Crippen LogP contribution >= 0.6 is 0 Å². The summed E-state index contributed by atoms with van der Waals surface area (Å²) in [6, 6.07) is 7.81. The lowest BCUT2D eigenvalue weighted by Gasteiger charge is -2.09. The lowest BCUT2D eigenvalue weighted by atomic mass is 10.0. The molecule has 0 aromatic heterocycles. The monoisotopic (exact) mass is 328 g/mol. The van der Waals surface area contributed by atoms with Gasteiger partial charge in [0.25, 0.3) is 0 Å². The molecule has 1 rings (SSSR count). The van der Waals surface area contributed by atoms with Gasteiger partial charge in [-0.3, -0.25) is 4.79 Å². The fourth-order valence-electron chi connectivity index (χ4n) is 1.74. The molecule has 2 N–H and O–H groups in total. The van der Waals surface area contributed by atoms with Crippen molar-refractivity contribution in [3.8, 4) is 5.75 Å². The van der Waals surface area contributed by atoms with Crippen molar-refractivity contribution in [2.75, 3.05) is 26.0 Å². The molecule has 1 amide bonds. The molecule has 1 aromatic rings. The Morgan fingerprint density at radius 2 is 1.82 bits per heavy atom. The minimum absolute atomic E-state index is 0.172. The van der Waals surface area contributed by atoms with Crippen LogP contribution in [0.1, 0.15) is 31.7 Å². The molecular formula is C15H24N2O4S. The van der Waals surface area contributed by atoms with Crippen molar-refractivity contribution in [1.82, 2.24) is 10.0 Å². The lowest BCUT2D eigenvalue weighted by molar-refractivity contribution is -0.121. The molecular weight excluding hydrogens is 304 g/mol. The van der Waals surface area contributed by atoms with E-state index in [1.165, 1.54) is 5.56 Å². The molecule has 0 atom stereocenters. The highest BCUT2D eigenvalue weighted by Crippen LogP contribution is 2.18. The van der Waals surface area contributed by atoms with Crippen LogP contribution in [0.25, 0.3) is 0 Å². The number of hydrogen-bond donors (Lipinski definition) is 2. The summed E-state index contributed by atoms with van der Waals surface area (Å²) in [6.45, 7) is 4.97. The summed E-state index contributed by atoms with van der Waals surface area (Å²) >= 11 is 0. The Kier molecular flexibility index (Phi) is 7.34. The van der Waals surface area contributed by atoms with Gasteiger partial charge in [-0.15, -0.1) is 0 Å². The van der Waals surface area contributed by atoms with Gasteiger partial charge in [-0.2, -0.15) is 0 Å². The fraction of sp³-hybridized carbons (Fsp3) is 0.533. The van der Waals surface area contributed by atoms with Gasteiger partial charge in [-0.05, 0) is 23.6 Å². The molecule has 6 nitrogen and oxygen atoms in total. The maximum absolute atomic E-state index is 11.5. The van der Waals surface area contributed by atoms with Crippen LogP contribution in [0.5, 0.6) is 5.75 Å². The van der Waals surface area contributed by atoms with E-state index in [1.54, 1.807) is 0 Å². The van der Waals surface area contributed by atoms with Gasteiger partial charge in [0, 0.05) is 13.1 Å². The van der Waals surface area contributed by atoms with E-state index >= 15 is 0 Å². The maximum atomic E-state index is 11.5. The van der Waals surface area contributed by atoms with E-state index < -0.39 is 10.0 Å². The number of benzene rings is 1. The average Bonchev–Trinajstić information content (AvgIpc) is 2.43. The van der Waals surface area contributed by atoms with Gasteiger partial charge in [0.1, 0.15) is 5.75 Å². The topological polar surface area (TPSA) is 84.5 Å². The predicted octanol–water partition coefficient (Wildman–Crippen LogP) is 1.24.